The minimum absolute atomic E-state index is 0.182. The number of piperidine rings is 1. The number of nitrogens with two attached hydrogens (primary N) is 1. The number of unbranched alkanes of at least 4 members (excludes halogenated alkanes) is 5. The number of hydrogen-bond donors (Lipinski definition) is 3. The molecule has 4 heterocycles. The van der Waals surface area contributed by atoms with Crippen molar-refractivity contribution in [2.45, 2.75) is 103 Å². The number of piperazine rings is 1. The fraction of sp³-hybridized carbons (Fsp3) is 0.481. The van der Waals surface area contributed by atoms with Gasteiger partial charge in [-0.3, -0.25) is 19.5 Å². The number of allylic oxidation sites excluding steroid dienone is 1. The Morgan fingerprint density at radius 2 is 1.64 bits per heavy atom. The first-order chi connectivity index (χ1) is 32.0. The lowest BCUT2D eigenvalue weighted by atomic mass is 9.86. The van der Waals surface area contributed by atoms with Crippen molar-refractivity contribution in [3.8, 4) is 22.9 Å². The summed E-state index contributed by atoms with van der Waals surface area (Å²) in [5.74, 6) is -0.0611. The van der Waals surface area contributed by atoms with Gasteiger partial charge in [0, 0.05) is 88.0 Å². The maximum atomic E-state index is 14.8. The highest BCUT2D eigenvalue weighted by molar-refractivity contribution is 5.95. The number of nitriles is 1. The molecular weight excluding hydrogens is 837 g/mol. The second-order valence-electron chi connectivity index (χ2n) is 17.7. The van der Waals surface area contributed by atoms with E-state index in [1.54, 1.807) is 12.4 Å². The average Bonchev–Trinajstić information content (AvgIpc) is 3.33. The predicted octanol–water partition coefficient (Wildman–Crippen LogP) is 9.30. The van der Waals surface area contributed by atoms with Crippen molar-refractivity contribution in [3.05, 3.63) is 108 Å². The molecule has 2 aromatic heterocycles. The van der Waals surface area contributed by atoms with Crippen LogP contribution in [0.3, 0.4) is 0 Å². The molecule has 66 heavy (non-hydrogen) atoms. The van der Waals surface area contributed by atoms with Gasteiger partial charge in [0.25, 0.3) is 5.91 Å². The quantitative estimate of drug-likeness (QED) is 0.0514. The summed E-state index contributed by atoms with van der Waals surface area (Å²) in [7, 11) is 0. The van der Waals surface area contributed by atoms with Crippen molar-refractivity contribution in [1.82, 2.24) is 25.1 Å². The van der Waals surface area contributed by atoms with Crippen LogP contribution in [0.2, 0.25) is 0 Å². The zero-order valence-corrected chi connectivity index (χ0v) is 39.0. The topological polar surface area (TPSA) is 153 Å². The monoisotopic (exact) mass is 904 g/mol. The molecule has 2 saturated heterocycles. The van der Waals surface area contributed by atoms with E-state index in [1.165, 1.54) is 36.7 Å². The van der Waals surface area contributed by atoms with Gasteiger partial charge in [-0.1, -0.05) is 58.1 Å². The minimum atomic E-state index is -0.784. The molecule has 0 aliphatic carbocycles. The summed E-state index contributed by atoms with van der Waals surface area (Å²) in [5, 5.41) is 16.4. The summed E-state index contributed by atoms with van der Waals surface area (Å²) >= 11 is 0. The third kappa shape index (κ3) is 13.5. The van der Waals surface area contributed by atoms with Gasteiger partial charge in [0.05, 0.1) is 35.2 Å². The highest BCUT2D eigenvalue weighted by Gasteiger charge is 2.39. The Hall–Kier alpha value is -6.07. The summed E-state index contributed by atoms with van der Waals surface area (Å²) in [6.07, 6.45) is 15.0. The van der Waals surface area contributed by atoms with E-state index in [1.807, 2.05) is 30.0 Å². The second kappa shape index (κ2) is 24.5. The standard InChI is InChI=1S/C52H67F2N9O3/c1-4-12-38(3)39-14-18-43(19-15-39)57-24-11-9-7-6-8-10-13-49(64)63-29-27-61(28-30-63)37-52(60-51(65)46-31-42(53)17-20-47(46)54)22-25-62(26-23-52)48-21-16-40(35-58-48)45-32-44(66-5-2)36-59-50(45)41(33-55)34-56/h14-21,31-33,35-36,38,57H,4-13,22-30,37,55H2,1-3H3,(H,60,65). The largest absolute Gasteiger partial charge is 0.492 e. The Morgan fingerprint density at radius 1 is 0.909 bits per heavy atom. The Bertz CT molecular complexity index is 2270. The van der Waals surface area contributed by atoms with Gasteiger partial charge >= 0.3 is 0 Å². The van der Waals surface area contributed by atoms with Crippen LogP contribution in [0.25, 0.3) is 16.7 Å². The fourth-order valence-electron chi connectivity index (χ4n) is 9.11. The van der Waals surface area contributed by atoms with Gasteiger partial charge in [0.2, 0.25) is 5.91 Å². The van der Waals surface area contributed by atoms with E-state index in [-0.39, 0.29) is 17.0 Å². The molecule has 0 spiro atoms. The van der Waals surface area contributed by atoms with E-state index in [0.717, 1.165) is 68.2 Å². The van der Waals surface area contributed by atoms with E-state index in [0.29, 0.717) is 94.6 Å². The number of amides is 2. The number of pyridine rings is 2. The maximum absolute atomic E-state index is 14.8. The predicted molar refractivity (Wildman–Crippen MR) is 258 cm³/mol. The first-order valence-corrected chi connectivity index (χ1v) is 23.8. The molecule has 2 aliphatic rings. The number of carbonyl (C=O) groups is 2. The zero-order chi connectivity index (χ0) is 46.9. The lowest BCUT2D eigenvalue weighted by Crippen LogP contribution is -2.62. The lowest BCUT2D eigenvalue weighted by Gasteiger charge is -2.46. The molecule has 14 heteroatoms. The van der Waals surface area contributed by atoms with Gasteiger partial charge in [0.1, 0.15) is 29.3 Å². The van der Waals surface area contributed by atoms with Crippen molar-refractivity contribution in [3.63, 3.8) is 0 Å². The number of rotatable bonds is 22. The van der Waals surface area contributed by atoms with Gasteiger partial charge in [-0.05, 0) is 99.0 Å². The van der Waals surface area contributed by atoms with E-state index in [4.69, 9.17) is 15.5 Å². The highest BCUT2D eigenvalue weighted by Crippen LogP contribution is 2.33. The van der Waals surface area contributed by atoms with Crippen molar-refractivity contribution >= 4 is 28.9 Å². The number of ether oxygens (including phenoxy) is 1. The third-order valence-corrected chi connectivity index (χ3v) is 13.0. The van der Waals surface area contributed by atoms with Crippen molar-refractivity contribution < 1.29 is 23.1 Å². The number of nitrogens with one attached hydrogen (secondary N) is 2. The number of benzene rings is 2. The van der Waals surface area contributed by atoms with Crippen molar-refractivity contribution in [2.75, 3.05) is 69.2 Å². The van der Waals surface area contributed by atoms with E-state index < -0.39 is 23.1 Å². The SMILES string of the molecule is CCCC(C)c1ccc(NCCCCCCCCC(=O)N2CCN(CC3(NC(=O)c4cc(F)ccc4F)CCN(c4ccc(-c5cc(OCC)cnc5C(C#N)=CN)cn4)CC3)CC2)cc1. The number of nitrogens with zero attached hydrogens (tertiary/aromatic N) is 6. The van der Waals surface area contributed by atoms with Gasteiger partial charge in [-0.15, -0.1) is 0 Å². The van der Waals surface area contributed by atoms with Crippen LogP contribution in [0.4, 0.5) is 20.3 Å². The number of aromatic nitrogens is 2. The molecule has 12 nitrogen and oxygen atoms in total. The van der Waals surface area contributed by atoms with Crippen LogP contribution in [0.1, 0.15) is 119 Å². The van der Waals surface area contributed by atoms with Gasteiger partial charge in [-0.25, -0.2) is 13.8 Å². The van der Waals surface area contributed by atoms with Crippen LogP contribution >= 0.6 is 0 Å². The average molecular weight is 904 g/mol. The van der Waals surface area contributed by atoms with Crippen molar-refractivity contribution in [2.24, 2.45) is 5.73 Å². The van der Waals surface area contributed by atoms with Crippen LogP contribution < -0.4 is 26.0 Å². The summed E-state index contributed by atoms with van der Waals surface area (Å²) in [6, 6.07) is 19.5. The van der Waals surface area contributed by atoms with Crippen LogP contribution in [0.5, 0.6) is 5.75 Å². The summed E-state index contributed by atoms with van der Waals surface area (Å²) in [4.78, 5) is 42.5. The molecule has 4 N–H and O–H groups in total. The molecule has 0 saturated carbocycles. The summed E-state index contributed by atoms with van der Waals surface area (Å²) < 4.78 is 34.7. The van der Waals surface area contributed by atoms with Crippen LogP contribution in [0, 0.1) is 23.0 Å². The van der Waals surface area contributed by atoms with Crippen molar-refractivity contribution in [1.29, 1.82) is 5.26 Å². The van der Waals surface area contributed by atoms with Crippen LogP contribution in [0.15, 0.2) is 79.3 Å². The lowest BCUT2D eigenvalue weighted by molar-refractivity contribution is -0.133. The highest BCUT2D eigenvalue weighted by atomic mass is 19.1. The minimum Gasteiger partial charge on any atom is -0.492 e. The molecular formula is C52H67F2N9O3. The summed E-state index contributed by atoms with van der Waals surface area (Å²) in [5.41, 5.74) is 9.30. The molecule has 2 aromatic carbocycles. The maximum Gasteiger partial charge on any atom is 0.254 e. The van der Waals surface area contributed by atoms with E-state index in [2.05, 4.69) is 69.6 Å². The van der Waals surface area contributed by atoms with Gasteiger partial charge < -0.3 is 30.9 Å². The molecule has 0 radical (unpaired) electrons. The summed E-state index contributed by atoms with van der Waals surface area (Å²) in [6.45, 7) is 11.9. The molecule has 2 amide bonds. The number of hydrogen-bond acceptors (Lipinski definition) is 10. The first kappa shape index (κ1) is 49.4. The number of anilines is 2. The Morgan fingerprint density at radius 3 is 2.30 bits per heavy atom. The first-order valence-electron chi connectivity index (χ1n) is 23.8. The molecule has 1 atom stereocenters. The fourth-order valence-corrected chi connectivity index (χ4v) is 9.11. The van der Waals surface area contributed by atoms with E-state index >= 15 is 0 Å². The molecule has 2 fully saturated rings. The Kier molecular flexibility index (Phi) is 18.3. The molecule has 352 valence electrons. The number of halogens is 2. The molecule has 6 rings (SSSR count). The zero-order valence-electron chi connectivity index (χ0n) is 39.0. The molecule has 0 bridgehead atoms. The molecule has 1 unspecified atom stereocenters. The molecule has 2 aliphatic heterocycles. The second-order valence-corrected chi connectivity index (χ2v) is 17.7. The van der Waals surface area contributed by atoms with Gasteiger partial charge in [-0.2, -0.15) is 5.26 Å². The number of carbonyl (C=O) groups excluding carboxylic acids is 2. The van der Waals surface area contributed by atoms with Gasteiger partial charge in [0.15, 0.2) is 0 Å². The normalized spacial score (nSPS) is 15.8. The Labute approximate surface area is 389 Å². The van der Waals surface area contributed by atoms with Crippen LogP contribution in [-0.4, -0.2) is 96.1 Å². The molecule has 4 aromatic rings. The van der Waals surface area contributed by atoms with E-state index in [9.17, 15) is 23.6 Å². The smallest absolute Gasteiger partial charge is 0.254 e. The Balaban J connectivity index is 0.981. The third-order valence-electron chi connectivity index (χ3n) is 13.0. The van der Waals surface area contributed by atoms with Crippen LogP contribution in [-0.2, 0) is 4.79 Å².